The first kappa shape index (κ1) is 15.6. The largest absolute Gasteiger partial charge is 0.463 e. The number of hydrogen-bond donors (Lipinski definition) is 0. The van der Waals surface area contributed by atoms with E-state index in [4.69, 9.17) is 4.42 Å². The summed E-state index contributed by atoms with van der Waals surface area (Å²) in [5.74, 6) is -0.550. The molecule has 4 rings (SSSR count). The fraction of sp³-hybridized carbons (Fsp3) is 0.316. The third kappa shape index (κ3) is 2.28. The van der Waals surface area contributed by atoms with Crippen molar-refractivity contribution in [1.82, 2.24) is 4.90 Å². The standard InChI is InChI=1S/C19H17NO5/c1-24-17(22)15-7-6-13(25-15)11-20-16(21)10-19(18(20)23)9-8-12-4-2-3-5-14(12)19/h2-7H,8-11H2,1H3. The predicted molar refractivity (Wildman–Crippen MR) is 86.7 cm³/mol. The third-order valence-corrected chi connectivity index (χ3v) is 5.12. The first-order valence-corrected chi connectivity index (χ1v) is 8.15. The topological polar surface area (TPSA) is 76.8 Å². The number of methoxy groups -OCH3 is 1. The van der Waals surface area contributed by atoms with Crippen LogP contribution in [-0.2, 0) is 32.7 Å². The van der Waals surface area contributed by atoms with Gasteiger partial charge in [0.2, 0.25) is 17.6 Å². The van der Waals surface area contributed by atoms with Gasteiger partial charge in [0.15, 0.2) is 0 Å². The van der Waals surface area contributed by atoms with Gasteiger partial charge in [-0.2, -0.15) is 0 Å². The molecule has 1 aliphatic carbocycles. The summed E-state index contributed by atoms with van der Waals surface area (Å²) in [6, 6.07) is 10.9. The molecule has 0 N–H and O–H groups in total. The Kier molecular flexibility index (Phi) is 3.49. The van der Waals surface area contributed by atoms with Crippen molar-refractivity contribution in [3.05, 3.63) is 59.0 Å². The molecule has 2 aromatic rings. The van der Waals surface area contributed by atoms with Gasteiger partial charge in [-0.25, -0.2) is 4.79 Å². The monoisotopic (exact) mass is 339 g/mol. The van der Waals surface area contributed by atoms with Gasteiger partial charge in [-0.1, -0.05) is 24.3 Å². The van der Waals surface area contributed by atoms with Crippen LogP contribution in [0.4, 0.5) is 0 Å². The van der Waals surface area contributed by atoms with Crippen LogP contribution in [0.25, 0.3) is 0 Å². The van der Waals surface area contributed by atoms with Crippen molar-refractivity contribution in [2.45, 2.75) is 31.2 Å². The molecule has 1 unspecified atom stereocenters. The minimum absolute atomic E-state index is 0.0264. The zero-order valence-electron chi connectivity index (χ0n) is 13.8. The highest BCUT2D eigenvalue weighted by Gasteiger charge is 2.55. The number of imide groups is 1. The number of rotatable bonds is 3. The molecule has 2 heterocycles. The van der Waals surface area contributed by atoms with Gasteiger partial charge < -0.3 is 9.15 Å². The Hall–Kier alpha value is -2.89. The second-order valence-corrected chi connectivity index (χ2v) is 6.46. The summed E-state index contributed by atoms with van der Waals surface area (Å²) in [7, 11) is 1.26. The number of amides is 2. The molecule has 25 heavy (non-hydrogen) atoms. The first-order valence-electron chi connectivity index (χ1n) is 8.15. The molecule has 0 radical (unpaired) electrons. The van der Waals surface area contributed by atoms with E-state index in [9.17, 15) is 14.4 Å². The van der Waals surface area contributed by atoms with Crippen molar-refractivity contribution in [3.8, 4) is 0 Å². The van der Waals surface area contributed by atoms with Gasteiger partial charge in [0.25, 0.3) is 0 Å². The van der Waals surface area contributed by atoms with Crippen molar-refractivity contribution >= 4 is 17.8 Å². The molecule has 1 spiro atoms. The Morgan fingerprint density at radius 1 is 1.24 bits per heavy atom. The maximum atomic E-state index is 13.1. The van der Waals surface area contributed by atoms with Crippen LogP contribution in [0.15, 0.2) is 40.8 Å². The second-order valence-electron chi connectivity index (χ2n) is 6.46. The lowest BCUT2D eigenvalue weighted by Crippen LogP contribution is -2.36. The summed E-state index contributed by atoms with van der Waals surface area (Å²) < 4.78 is 9.99. The van der Waals surface area contributed by atoms with Crippen LogP contribution < -0.4 is 0 Å². The molecule has 1 aromatic carbocycles. The average molecular weight is 339 g/mol. The lowest BCUT2D eigenvalue weighted by molar-refractivity contribution is -0.140. The zero-order valence-corrected chi connectivity index (χ0v) is 13.8. The lowest BCUT2D eigenvalue weighted by Gasteiger charge is -2.22. The third-order valence-electron chi connectivity index (χ3n) is 5.12. The van der Waals surface area contributed by atoms with Gasteiger partial charge in [0, 0.05) is 6.42 Å². The minimum Gasteiger partial charge on any atom is -0.463 e. The Morgan fingerprint density at radius 3 is 2.84 bits per heavy atom. The summed E-state index contributed by atoms with van der Waals surface area (Å²) >= 11 is 0. The summed E-state index contributed by atoms with van der Waals surface area (Å²) in [5.41, 5.74) is 1.35. The van der Waals surface area contributed by atoms with Crippen LogP contribution in [-0.4, -0.2) is 29.8 Å². The fourth-order valence-electron chi connectivity index (χ4n) is 3.88. The highest BCUT2D eigenvalue weighted by Crippen LogP contribution is 2.47. The molecule has 1 aliphatic heterocycles. The average Bonchev–Trinajstić information content (AvgIpc) is 3.30. The molecule has 2 amide bonds. The van der Waals surface area contributed by atoms with Crippen molar-refractivity contribution in [1.29, 1.82) is 0 Å². The number of aryl methyl sites for hydroxylation is 1. The summed E-state index contributed by atoms with van der Waals surface area (Å²) in [5, 5.41) is 0. The quantitative estimate of drug-likeness (QED) is 0.633. The van der Waals surface area contributed by atoms with E-state index in [2.05, 4.69) is 4.74 Å². The van der Waals surface area contributed by atoms with E-state index >= 15 is 0 Å². The van der Waals surface area contributed by atoms with Gasteiger partial charge in [0.05, 0.1) is 19.1 Å². The molecular weight excluding hydrogens is 322 g/mol. The van der Waals surface area contributed by atoms with Crippen molar-refractivity contribution in [2.75, 3.05) is 7.11 Å². The Labute approximate surface area is 144 Å². The van der Waals surface area contributed by atoms with Gasteiger partial charge in [-0.15, -0.1) is 0 Å². The Bertz CT molecular complexity index is 883. The van der Waals surface area contributed by atoms with Crippen LogP contribution >= 0.6 is 0 Å². The summed E-state index contributed by atoms with van der Waals surface area (Å²) in [6.07, 6.45) is 1.64. The van der Waals surface area contributed by atoms with E-state index < -0.39 is 11.4 Å². The summed E-state index contributed by atoms with van der Waals surface area (Å²) in [6.45, 7) is 0.0264. The molecule has 6 heteroatoms. The number of ether oxygens (including phenoxy) is 1. The molecule has 6 nitrogen and oxygen atoms in total. The Balaban J connectivity index is 1.61. The predicted octanol–water partition coefficient (Wildman–Crippen LogP) is 2.21. The number of fused-ring (bicyclic) bond motifs is 2. The zero-order chi connectivity index (χ0) is 17.6. The summed E-state index contributed by atoms with van der Waals surface area (Å²) in [4.78, 5) is 38.3. The number of likely N-dealkylation sites (tertiary alicyclic amines) is 1. The van der Waals surface area contributed by atoms with Gasteiger partial charge >= 0.3 is 5.97 Å². The van der Waals surface area contributed by atoms with Gasteiger partial charge in [-0.3, -0.25) is 14.5 Å². The number of esters is 1. The molecule has 1 fully saturated rings. The molecule has 128 valence electrons. The van der Waals surface area contributed by atoms with Gasteiger partial charge in [0.1, 0.15) is 5.76 Å². The molecule has 1 saturated heterocycles. The highest BCUT2D eigenvalue weighted by atomic mass is 16.5. The number of nitrogens with zero attached hydrogens (tertiary/aromatic N) is 1. The van der Waals surface area contributed by atoms with Crippen molar-refractivity contribution < 1.29 is 23.5 Å². The molecular formula is C19H17NO5. The lowest BCUT2D eigenvalue weighted by atomic mass is 9.80. The van der Waals surface area contributed by atoms with E-state index in [-0.39, 0.29) is 30.5 Å². The molecule has 1 aromatic heterocycles. The van der Waals surface area contributed by atoms with Gasteiger partial charge in [-0.05, 0) is 36.1 Å². The van der Waals surface area contributed by atoms with Crippen molar-refractivity contribution in [3.63, 3.8) is 0 Å². The Morgan fingerprint density at radius 2 is 2.04 bits per heavy atom. The number of carbonyl (C=O) groups excluding carboxylic acids is 3. The van der Waals surface area contributed by atoms with Crippen LogP contribution in [0.2, 0.25) is 0 Å². The van der Waals surface area contributed by atoms with E-state index in [1.807, 2.05) is 24.3 Å². The maximum Gasteiger partial charge on any atom is 0.373 e. The van der Waals surface area contributed by atoms with E-state index in [1.54, 1.807) is 6.07 Å². The number of furan rings is 1. The van der Waals surface area contributed by atoms with Crippen LogP contribution in [0.1, 0.15) is 40.3 Å². The molecule has 2 aliphatic rings. The maximum absolute atomic E-state index is 13.1. The molecule has 0 saturated carbocycles. The smallest absolute Gasteiger partial charge is 0.373 e. The number of benzene rings is 1. The minimum atomic E-state index is -0.745. The SMILES string of the molecule is COC(=O)c1ccc(CN2C(=O)CC3(CCc4ccccc43)C2=O)o1. The van der Waals surface area contributed by atoms with Crippen LogP contribution in [0.5, 0.6) is 0 Å². The molecule has 1 atom stereocenters. The normalized spacial score (nSPS) is 21.9. The molecule has 0 bridgehead atoms. The van der Waals surface area contributed by atoms with Crippen molar-refractivity contribution in [2.24, 2.45) is 0 Å². The van der Waals surface area contributed by atoms with E-state index in [0.717, 1.165) is 17.5 Å². The number of hydrogen-bond acceptors (Lipinski definition) is 5. The van der Waals surface area contributed by atoms with Crippen LogP contribution in [0.3, 0.4) is 0 Å². The number of carbonyl (C=O) groups is 3. The van der Waals surface area contributed by atoms with E-state index in [0.29, 0.717) is 12.2 Å². The van der Waals surface area contributed by atoms with E-state index in [1.165, 1.54) is 18.1 Å². The fourth-order valence-corrected chi connectivity index (χ4v) is 3.88. The van der Waals surface area contributed by atoms with Crippen LogP contribution in [0, 0.1) is 0 Å². The first-order chi connectivity index (χ1) is 12.0. The highest BCUT2D eigenvalue weighted by molar-refractivity contribution is 6.09. The second kappa shape index (κ2) is 5.58.